The lowest BCUT2D eigenvalue weighted by molar-refractivity contribution is -0.144. The number of halogens is 3. The van der Waals surface area contributed by atoms with Crippen molar-refractivity contribution in [3.63, 3.8) is 0 Å². The molecule has 4 nitrogen and oxygen atoms in total. The highest BCUT2D eigenvalue weighted by Crippen LogP contribution is 2.29. The third-order valence-corrected chi connectivity index (χ3v) is 2.90. The Hall–Kier alpha value is -0.890. The van der Waals surface area contributed by atoms with Gasteiger partial charge in [-0.05, 0) is 19.4 Å². The summed E-state index contributed by atoms with van der Waals surface area (Å²) in [7, 11) is 0. The highest BCUT2D eigenvalue weighted by molar-refractivity contribution is 7.09. The van der Waals surface area contributed by atoms with Crippen LogP contribution in [0.25, 0.3) is 0 Å². The summed E-state index contributed by atoms with van der Waals surface area (Å²) in [5.41, 5.74) is 5.45. The molecule has 0 spiro atoms. The summed E-state index contributed by atoms with van der Waals surface area (Å²) in [6.45, 7) is 4.20. The number of rotatable bonds is 4. The molecule has 0 aliphatic carbocycles. The third-order valence-electron chi connectivity index (χ3n) is 2.26. The summed E-state index contributed by atoms with van der Waals surface area (Å²) in [5.74, 6) is -0.953. The Balaban J connectivity index is 2.66. The maximum absolute atomic E-state index is 12.2. The van der Waals surface area contributed by atoms with Crippen molar-refractivity contribution >= 4 is 16.7 Å². The quantitative estimate of drug-likeness (QED) is 0.862. The van der Waals surface area contributed by atoms with Gasteiger partial charge in [-0.1, -0.05) is 6.92 Å². The second-order valence-corrected chi connectivity index (χ2v) is 4.32. The zero-order chi connectivity index (χ0) is 12.3. The molecule has 2 unspecified atom stereocenters. The van der Waals surface area contributed by atoms with Gasteiger partial charge < -0.3 is 11.1 Å². The van der Waals surface area contributed by atoms with Gasteiger partial charge in [0, 0.05) is 17.6 Å². The lowest BCUT2D eigenvalue weighted by Crippen LogP contribution is -2.29. The van der Waals surface area contributed by atoms with E-state index in [2.05, 4.69) is 14.7 Å². The minimum atomic E-state index is -4.49. The van der Waals surface area contributed by atoms with Crippen LogP contribution in [-0.4, -0.2) is 21.9 Å². The average molecular weight is 254 g/mol. The largest absolute Gasteiger partial charge is 0.452 e. The van der Waals surface area contributed by atoms with E-state index >= 15 is 0 Å². The molecule has 0 saturated carbocycles. The molecule has 8 heteroatoms. The molecule has 0 aromatic carbocycles. The molecule has 0 aliphatic rings. The predicted octanol–water partition coefficient (Wildman–Crippen LogP) is 1.95. The molecule has 1 aromatic rings. The van der Waals surface area contributed by atoms with Gasteiger partial charge in [0.05, 0.1) is 0 Å². The van der Waals surface area contributed by atoms with Crippen molar-refractivity contribution in [3.8, 4) is 0 Å². The van der Waals surface area contributed by atoms with Gasteiger partial charge in [0.2, 0.25) is 11.0 Å². The first-order valence-corrected chi connectivity index (χ1v) is 5.49. The number of hydrogen-bond donors (Lipinski definition) is 2. The van der Waals surface area contributed by atoms with E-state index in [1.165, 1.54) is 0 Å². The number of nitrogens with one attached hydrogen (secondary N) is 1. The van der Waals surface area contributed by atoms with E-state index < -0.39 is 12.0 Å². The van der Waals surface area contributed by atoms with E-state index in [9.17, 15) is 13.2 Å². The highest BCUT2D eigenvalue weighted by atomic mass is 32.1. The minimum Gasteiger partial charge on any atom is -0.358 e. The van der Waals surface area contributed by atoms with Crippen molar-refractivity contribution in [2.24, 2.45) is 11.7 Å². The second-order valence-electron chi connectivity index (χ2n) is 3.57. The maximum atomic E-state index is 12.2. The van der Waals surface area contributed by atoms with Crippen molar-refractivity contribution < 1.29 is 13.2 Å². The molecule has 2 atom stereocenters. The van der Waals surface area contributed by atoms with Crippen LogP contribution in [0.2, 0.25) is 0 Å². The standard InChI is InChI=1S/C8H13F3N4S/c1-4(3-12)5(2)13-7-14-6(15-16-7)8(9,10)11/h4-5H,3,12H2,1-2H3,(H,13,14,15). The summed E-state index contributed by atoms with van der Waals surface area (Å²) in [5, 5.41) is 3.02. The molecule has 92 valence electrons. The van der Waals surface area contributed by atoms with E-state index in [0.717, 1.165) is 0 Å². The number of nitrogens with zero attached hydrogens (tertiary/aromatic N) is 2. The zero-order valence-electron chi connectivity index (χ0n) is 8.88. The van der Waals surface area contributed by atoms with Gasteiger partial charge in [-0.2, -0.15) is 22.5 Å². The Bertz CT molecular complexity index is 338. The molecule has 0 aliphatic heterocycles. The Kier molecular flexibility index (Phi) is 4.09. The summed E-state index contributed by atoms with van der Waals surface area (Å²) < 4.78 is 39.8. The van der Waals surface area contributed by atoms with Crippen molar-refractivity contribution in [3.05, 3.63) is 5.82 Å². The van der Waals surface area contributed by atoms with Crippen LogP contribution in [0.4, 0.5) is 18.3 Å². The van der Waals surface area contributed by atoms with Crippen molar-refractivity contribution in [1.29, 1.82) is 0 Å². The van der Waals surface area contributed by atoms with Crippen molar-refractivity contribution in [2.45, 2.75) is 26.1 Å². The average Bonchev–Trinajstić information content (AvgIpc) is 2.64. The van der Waals surface area contributed by atoms with Crippen LogP contribution in [0.1, 0.15) is 19.7 Å². The molecule has 0 saturated heterocycles. The van der Waals surface area contributed by atoms with Gasteiger partial charge in [0.1, 0.15) is 0 Å². The van der Waals surface area contributed by atoms with Gasteiger partial charge >= 0.3 is 6.18 Å². The molecule has 1 aromatic heterocycles. The fraction of sp³-hybridized carbons (Fsp3) is 0.750. The number of hydrogen-bond acceptors (Lipinski definition) is 5. The van der Waals surface area contributed by atoms with Crippen LogP contribution in [0.3, 0.4) is 0 Å². The van der Waals surface area contributed by atoms with E-state index in [1.54, 1.807) is 0 Å². The van der Waals surface area contributed by atoms with Crippen LogP contribution in [0, 0.1) is 5.92 Å². The minimum absolute atomic E-state index is 0.0426. The SMILES string of the molecule is CC(CN)C(C)Nc1nc(C(F)(F)F)ns1. The molecular weight excluding hydrogens is 241 g/mol. The number of aromatic nitrogens is 2. The normalized spacial score (nSPS) is 15.9. The topological polar surface area (TPSA) is 63.8 Å². The predicted molar refractivity (Wildman–Crippen MR) is 56.2 cm³/mol. The molecule has 3 N–H and O–H groups in total. The molecule has 0 amide bonds. The zero-order valence-corrected chi connectivity index (χ0v) is 9.69. The molecule has 16 heavy (non-hydrogen) atoms. The van der Waals surface area contributed by atoms with Gasteiger partial charge in [-0.25, -0.2) is 0 Å². The van der Waals surface area contributed by atoms with Crippen LogP contribution in [-0.2, 0) is 6.18 Å². The van der Waals surface area contributed by atoms with Gasteiger partial charge in [-0.15, -0.1) is 0 Å². The van der Waals surface area contributed by atoms with E-state index in [4.69, 9.17) is 5.73 Å². The third kappa shape index (κ3) is 3.31. The Morgan fingerprint density at radius 2 is 2.06 bits per heavy atom. The first-order valence-electron chi connectivity index (χ1n) is 4.72. The number of anilines is 1. The van der Waals surface area contributed by atoms with E-state index in [1.807, 2.05) is 13.8 Å². The Labute approximate surface area is 95.2 Å². The molecule has 1 heterocycles. The van der Waals surface area contributed by atoms with Crippen molar-refractivity contribution in [2.75, 3.05) is 11.9 Å². The number of nitrogens with two attached hydrogens (primary N) is 1. The van der Waals surface area contributed by atoms with Gasteiger partial charge in [-0.3, -0.25) is 0 Å². The number of alkyl halides is 3. The fourth-order valence-electron chi connectivity index (χ4n) is 0.938. The lowest BCUT2D eigenvalue weighted by Gasteiger charge is -2.18. The van der Waals surface area contributed by atoms with Gasteiger partial charge in [0.15, 0.2) is 0 Å². The Morgan fingerprint density at radius 1 is 1.44 bits per heavy atom. The lowest BCUT2D eigenvalue weighted by atomic mass is 10.1. The highest BCUT2D eigenvalue weighted by Gasteiger charge is 2.36. The van der Waals surface area contributed by atoms with Gasteiger partial charge in [0.25, 0.3) is 0 Å². The molecule has 0 fully saturated rings. The van der Waals surface area contributed by atoms with Crippen LogP contribution in [0.15, 0.2) is 0 Å². The molecule has 0 bridgehead atoms. The summed E-state index contributed by atoms with van der Waals surface area (Å²) in [6.07, 6.45) is -4.49. The summed E-state index contributed by atoms with van der Waals surface area (Å²) in [4.78, 5) is 3.37. The van der Waals surface area contributed by atoms with Crippen LogP contribution < -0.4 is 11.1 Å². The fourth-order valence-corrected chi connectivity index (χ4v) is 1.62. The monoisotopic (exact) mass is 254 g/mol. The smallest absolute Gasteiger partial charge is 0.358 e. The summed E-state index contributed by atoms with van der Waals surface area (Å²) >= 11 is 0.700. The molecule has 0 radical (unpaired) electrons. The molecule has 1 rings (SSSR count). The van der Waals surface area contributed by atoms with E-state index in [-0.39, 0.29) is 17.1 Å². The maximum Gasteiger partial charge on any atom is 0.452 e. The molecular formula is C8H13F3N4S. The van der Waals surface area contributed by atoms with Crippen molar-refractivity contribution in [1.82, 2.24) is 9.36 Å². The Morgan fingerprint density at radius 3 is 2.50 bits per heavy atom. The second kappa shape index (κ2) is 4.96. The first-order chi connectivity index (χ1) is 7.34. The first kappa shape index (κ1) is 13.2. The summed E-state index contributed by atoms with van der Waals surface area (Å²) in [6, 6.07) is -0.0426. The van der Waals surface area contributed by atoms with Crippen LogP contribution in [0.5, 0.6) is 0 Å². The van der Waals surface area contributed by atoms with E-state index in [0.29, 0.717) is 18.1 Å². The van der Waals surface area contributed by atoms with Crippen LogP contribution >= 0.6 is 11.5 Å².